The molecule has 0 amide bonds. The molecule has 1 heterocycles. The van der Waals surface area contributed by atoms with Gasteiger partial charge in [0, 0.05) is 11.6 Å². The molecule has 1 aromatic heterocycles. The lowest BCUT2D eigenvalue weighted by Crippen LogP contribution is -2.10. The molecule has 0 unspecified atom stereocenters. The van der Waals surface area contributed by atoms with Crippen LogP contribution in [0.4, 0.5) is 5.82 Å². The Bertz CT molecular complexity index is 536. The van der Waals surface area contributed by atoms with Crippen LogP contribution in [0.25, 0.3) is 10.8 Å². The molecular weight excluding hydrogens is 196 g/mol. The van der Waals surface area contributed by atoms with Gasteiger partial charge in [0.2, 0.25) is 0 Å². The van der Waals surface area contributed by atoms with E-state index in [-0.39, 0.29) is 5.41 Å². The van der Waals surface area contributed by atoms with E-state index in [0.717, 1.165) is 5.39 Å². The van der Waals surface area contributed by atoms with Gasteiger partial charge in [-0.15, -0.1) is 0 Å². The van der Waals surface area contributed by atoms with Gasteiger partial charge in [-0.05, 0) is 28.9 Å². The Kier molecular flexibility index (Phi) is 2.38. The molecule has 0 aliphatic rings. The largest absolute Gasteiger partial charge is 0.383 e. The maximum Gasteiger partial charge on any atom is 0.131 e. The quantitative estimate of drug-likeness (QED) is 0.729. The maximum atomic E-state index is 5.87. The summed E-state index contributed by atoms with van der Waals surface area (Å²) in [4.78, 5) is 4.18. The Morgan fingerprint density at radius 1 is 1.12 bits per heavy atom. The number of hydrogen-bond acceptors (Lipinski definition) is 2. The molecule has 0 saturated heterocycles. The smallest absolute Gasteiger partial charge is 0.131 e. The lowest BCUT2D eigenvalue weighted by Gasteiger charge is -2.20. The molecule has 0 aliphatic carbocycles. The van der Waals surface area contributed by atoms with E-state index in [4.69, 9.17) is 5.73 Å². The van der Waals surface area contributed by atoms with E-state index in [1.807, 2.05) is 6.20 Å². The number of aryl methyl sites for hydroxylation is 1. The number of nitrogens with zero attached hydrogens (tertiary/aromatic N) is 1. The van der Waals surface area contributed by atoms with Crippen molar-refractivity contribution in [3.8, 4) is 0 Å². The molecule has 2 N–H and O–H groups in total. The van der Waals surface area contributed by atoms with Crippen molar-refractivity contribution < 1.29 is 0 Å². The lowest BCUT2D eigenvalue weighted by molar-refractivity contribution is 0.591. The van der Waals surface area contributed by atoms with Gasteiger partial charge in [-0.25, -0.2) is 4.98 Å². The Labute approximate surface area is 96.5 Å². The van der Waals surface area contributed by atoms with Crippen LogP contribution in [0.1, 0.15) is 31.9 Å². The molecule has 0 bridgehead atoms. The number of hydrogen-bond donors (Lipinski definition) is 1. The van der Waals surface area contributed by atoms with Crippen molar-refractivity contribution in [1.82, 2.24) is 4.98 Å². The van der Waals surface area contributed by atoms with Crippen LogP contribution in [0.15, 0.2) is 24.4 Å². The highest BCUT2D eigenvalue weighted by atomic mass is 14.8. The van der Waals surface area contributed by atoms with Gasteiger partial charge in [0.15, 0.2) is 0 Å². The second-order valence-corrected chi connectivity index (χ2v) is 5.34. The van der Waals surface area contributed by atoms with E-state index in [0.29, 0.717) is 5.82 Å². The predicted molar refractivity (Wildman–Crippen MR) is 69.6 cm³/mol. The van der Waals surface area contributed by atoms with Gasteiger partial charge in [0.1, 0.15) is 5.82 Å². The average molecular weight is 214 g/mol. The van der Waals surface area contributed by atoms with E-state index < -0.39 is 0 Å². The normalized spacial score (nSPS) is 12.0. The van der Waals surface area contributed by atoms with E-state index in [1.54, 1.807) is 0 Å². The third-order valence-corrected chi connectivity index (χ3v) is 2.98. The summed E-state index contributed by atoms with van der Waals surface area (Å²) >= 11 is 0. The summed E-state index contributed by atoms with van der Waals surface area (Å²) in [6.45, 7) is 8.72. The molecule has 16 heavy (non-hydrogen) atoms. The first kappa shape index (κ1) is 10.9. The summed E-state index contributed by atoms with van der Waals surface area (Å²) in [7, 11) is 0. The minimum absolute atomic E-state index is 0.165. The summed E-state index contributed by atoms with van der Waals surface area (Å²) in [6.07, 6.45) is 1.84. The standard InChI is InChI=1S/C14H18N2/c1-9-8-16-13(15)11-6-5-10(7-12(9)11)14(2,3)4/h5-8H,1-4H3,(H2,15,16). The van der Waals surface area contributed by atoms with E-state index >= 15 is 0 Å². The number of rotatable bonds is 0. The highest BCUT2D eigenvalue weighted by Crippen LogP contribution is 2.29. The van der Waals surface area contributed by atoms with Crippen molar-refractivity contribution in [3.05, 3.63) is 35.5 Å². The number of aromatic nitrogens is 1. The van der Waals surface area contributed by atoms with Crippen LogP contribution in [0.5, 0.6) is 0 Å². The molecule has 0 radical (unpaired) electrons. The van der Waals surface area contributed by atoms with Crippen molar-refractivity contribution in [3.63, 3.8) is 0 Å². The van der Waals surface area contributed by atoms with Gasteiger partial charge in [-0.2, -0.15) is 0 Å². The topological polar surface area (TPSA) is 38.9 Å². The van der Waals surface area contributed by atoms with Crippen LogP contribution in [0.3, 0.4) is 0 Å². The van der Waals surface area contributed by atoms with Crippen molar-refractivity contribution >= 4 is 16.6 Å². The first-order chi connectivity index (χ1) is 7.39. The Balaban J connectivity index is 2.76. The molecule has 0 aliphatic heterocycles. The average Bonchev–Trinajstić information content (AvgIpc) is 2.22. The SMILES string of the molecule is Cc1cnc(N)c2ccc(C(C)(C)C)cc12. The summed E-state index contributed by atoms with van der Waals surface area (Å²) in [6, 6.07) is 6.44. The predicted octanol–water partition coefficient (Wildman–Crippen LogP) is 3.42. The molecule has 2 heteroatoms. The van der Waals surface area contributed by atoms with E-state index in [2.05, 4.69) is 50.9 Å². The highest BCUT2D eigenvalue weighted by Gasteiger charge is 2.14. The summed E-state index contributed by atoms with van der Waals surface area (Å²) in [5.41, 5.74) is 8.54. The van der Waals surface area contributed by atoms with Gasteiger partial charge >= 0.3 is 0 Å². The maximum absolute atomic E-state index is 5.87. The number of fused-ring (bicyclic) bond motifs is 1. The van der Waals surface area contributed by atoms with Crippen molar-refractivity contribution in [2.75, 3.05) is 5.73 Å². The number of anilines is 1. The zero-order valence-electron chi connectivity index (χ0n) is 10.3. The van der Waals surface area contributed by atoms with E-state index in [9.17, 15) is 0 Å². The molecule has 0 saturated carbocycles. The minimum Gasteiger partial charge on any atom is -0.383 e. The zero-order valence-corrected chi connectivity index (χ0v) is 10.3. The summed E-state index contributed by atoms with van der Waals surface area (Å²) in [5.74, 6) is 0.612. The lowest BCUT2D eigenvalue weighted by atomic mass is 9.85. The fourth-order valence-electron chi connectivity index (χ4n) is 1.87. The van der Waals surface area contributed by atoms with Gasteiger partial charge in [0.05, 0.1) is 0 Å². The minimum atomic E-state index is 0.165. The van der Waals surface area contributed by atoms with Crippen LogP contribution in [-0.4, -0.2) is 4.98 Å². The number of pyridine rings is 1. The van der Waals surface area contributed by atoms with Crippen LogP contribution in [-0.2, 0) is 5.41 Å². The molecule has 1 aromatic carbocycles. The summed E-state index contributed by atoms with van der Waals surface area (Å²) < 4.78 is 0. The number of benzene rings is 1. The first-order valence-electron chi connectivity index (χ1n) is 5.55. The zero-order chi connectivity index (χ0) is 11.9. The molecule has 84 valence electrons. The molecule has 0 fully saturated rings. The van der Waals surface area contributed by atoms with Gasteiger partial charge in [0.25, 0.3) is 0 Å². The third-order valence-electron chi connectivity index (χ3n) is 2.98. The first-order valence-corrected chi connectivity index (χ1v) is 5.55. The number of nitrogen functional groups attached to an aromatic ring is 1. The Morgan fingerprint density at radius 3 is 2.44 bits per heavy atom. The molecular formula is C14H18N2. The van der Waals surface area contributed by atoms with Gasteiger partial charge in [-0.3, -0.25) is 0 Å². The fourth-order valence-corrected chi connectivity index (χ4v) is 1.87. The monoisotopic (exact) mass is 214 g/mol. The molecule has 0 atom stereocenters. The summed E-state index contributed by atoms with van der Waals surface area (Å²) in [5, 5.41) is 2.26. The molecule has 2 nitrogen and oxygen atoms in total. The second-order valence-electron chi connectivity index (χ2n) is 5.34. The molecule has 0 spiro atoms. The van der Waals surface area contributed by atoms with Crippen LogP contribution in [0.2, 0.25) is 0 Å². The van der Waals surface area contributed by atoms with Crippen molar-refractivity contribution in [2.45, 2.75) is 33.1 Å². The fraction of sp³-hybridized carbons (Fsp3) is 0.357. The second kappa shape index (κ2) is 3.48. The Morgan fingerprint density at radius 2 is 1.81 bits per heavy atom. The molecule has 2 rings (SSSR count). The highest BCUT2D eigenvalue weighted by molar-refractivity contribution is 5.93. The third kappa shape index (κ3) is 1.75. The van der Waals surface area contributed by atoms with Crippen molar-refractivity contribution in [1.29, 1.82) is 0 Å². The Hall–Kier alpha value is -1.57. The van der Waals surface area contributed by atoms with Gasteiger partial charge in [-0.1, -0.05) is 39.0 Å². The van der Waals surface area contributed by atoms with Crippen LogP contribution >= 0.6 is 0 Å². The van der Waals surface area contributed by atoms with Crippen LogP contribution in [0, 0.1) is 6.92 Å². The van der Waals surface area contributed by atoms with E-state index in [1.165, 1.54) is 16.5 Å². The van der Waals surface area contributed by atoms with Gasteiger partial charge < -0.3 is 5.73 Å². The van der Waals surface area contributed by atoms with Crippen molar-refractivity contribution in [2.24, 2.45) is 0 Å². The molecule has 2 aromatic rings. The number of nitrogens with two attached hydrogens (primary N) is 1. The van der Waals surface area contributed by atoms with Crippen LogP contribution < -0.4 is 5.73 Å².